The maximum Gasteiger partial charge on any atom is 0.301 e. The van der Waals surface area contributed by atoms with Crippen LogP contribution in [0.5, 0.6) is 0 Å². The van der Waals surface area contributed by atoms with Gasteiger partial charge in [-0.05, 0) is 36.8 Å². The molecule has 1 aliphatic rings. The lowest BCUT2D eigenvalue weighted by Crippen LogP contribution is -2.29. The molecule has 0 radical (unpaired) electrons. The Morgan fingerprint density at radius 2 is 1.75 bits per heavy atom. The van der Waals surface area contributed by atoms with E-state index in [0.717, 1.165) is 0 Å². The Balaban J connectivity index is 1.93. The predicted molar refractivity (Wildman–Crippen MR) is 102 cm³/mol. The number of benzene rings is 2. The van der Waals surface area contributed by atoms with E-state index < -0.39 is 23.5 Å². The molecular formula is C20H14FN3O3S. The Labute approximate surface area is 163 Å². The number of aryl methyl sites for hydroxylation is 1. The van der Waals surface area contributed by atoms with Crippen LogP contribution in [-0.2, 0) is 9.59 Å². The van der Waals surface area contributed by atoms with Gasteiger partial charge in [0, 0.05) is 5.56 Å². The summed E-state index contributed by atoms with van der Waals surface area (Å²) in [6, 6.07) is 13.1. The summed E-state index contributed by atoms with van der Waals surface area (Å²) in [5.74, 6) is -2.46. The van der Waals surface area contributed by atoms with Crippen LogP contribution in [0.2, 0.25) is 0 Å². The van der Waals surface area contributed by atoms with Crippen LogP contribution >= 0.6 is 11.3 Å². The number of aliphatic hydroxyl groups is 1. The molecule has 1 unspecified atom stereocenters. The van der Waals surface area contributed by atoms with E-state index in [2.05, 4.69) is 10.2 Å². The highest BCUT2D eigenvalue weighted by Gasteiger charge is 2.48. The van der Waals surface area contributed by atoms with Crippen LogP contribution in [0, 0.1) is 12.7 Å². The standard InChI is InChI=1S/C20H14FN3O3S/c1-11-22-23-20(28-11)24-16(12-5-3-2-4-6-12)15(18(26)19(24)27)17(25)13-7-9-14(21)10-8-13/h2-10,16,25H,1H3. The summed E-state index contributed by atoms with van der Waals surface area (Å²) < 4.78 is 13.3. The number of carbonyl (C=O) groups is 2. The van der Waals surface area contributed by atoms with Crippen LogP contribution in [0.15, 0.2) is 60.2 Å². The number of anilines is 1. The number of amides is 1. The molecule has 1 aliphatic heterocycles. The minimum atomic E-state index is -0.862. The van der Waals surface area contributed by atoms with Crippen molar-refractivity contribution in [1.82, 2.24) is 10.2 Å². The summed E-state index contributed by atoms with van der Waals surface area (Å²) in [6.45, 7) is 1.74. The average molecular weight is 395 g/mol. The zero-order valence-corrected chi connectivity index (χ0v) is 15.5. The van der Waals surface area contributed by atoms with Crippen molar-refractivity contribution in [3.05, 3.63) is 82.1 Å². The molecule has 1 amide bonds. The van der Waals surface area contributed by atoms with Crippen LogP contribution in [0.4, 0.5) is 9.52 Å². The minimum absolute atomic E-state index is 0.0735. The molecule has 6 nitrogen and oxygen atoms in total. The van der Waals surface area contributed by atoms with E-state index in [4.69, 9.17) is 0 Å². The van der Waals surface area contributed by atoms with Crippen LogP contribution in [0.1, 0.15) is 22.2 Å². The van der Waals surface area contributed by atoms with Gasteiger partial charge in [0.2, 0.25) is 5.13 Å². The number of hydrogen-bond donors (Lipinski definition) is 1. The van der Waals surface area contributed by atoms with Crippen molar-refractivity contribution >= 4 is 33.9 Å². The van der Waals surface area contributed by atoms with E-state index in [1.54, 1.807) is 31.2 Å². The van der Waals surface area contributed by atoms with Gasteiger partial charge in [0.05, 0.1) is 11.6 Å². The number of aliphatic hydroxyl groups excluding tert-OH is 1. The monoisotopic (exact) mass is 395 g/mol. The lowest BCUT2D eigenvalue weighted by atomic mass is 9.95. The quantitative estimate of drug-likeness (QED) is 0.416. The number of ketones is 1. The van der Waals surface area contributed by atoms with Gasteiger partial charge in [0.1, 0.15) is 16.6 Å². The molecule has 4 rings (SSSR count). The molecule has 0 bridgehead atoms. The topological polar surface area (TPSA) is 83.4 Å². The molecule has 8 heteroatoms. The van der Waals surface area contributed by atoms with Crippen LogP contribution in [-0.4, -0.2) is 27.0 Å². The van der Waals surface area contributed by atoms with Crippen molar-refractivity contribution in [3.63, 3.8) is 0 Å². The Morgan fingerprint density at radius 1 is 1.07 bits per heavy atom. The first kappa shape index (κ1) is 18.0. The fourth-order valence-corrected chi connectivity index (χ4v) is 3.84. The number of nitrogens with zero attached hydrogens (tertiary/aromatic N) is 3. The Hall–Kier alpha value is -3.39. The molecule has 140 valence electrons. The first-order chi connectivity index (χ1) is 13.5. The second kappa shape index (κ2) is 6.97. The van der Waals surface area contributed by atoms with E-state index in [-0.39, 0.29) is 22.0 Å². The van der Waals surface area contributed by atoms with E-state index >= 15 is 0 Å². The Morgan fingerprint density at radius 3 is 2.36 bits per heavy atom. The van der Waals surface area contributed by atoms with Crippen molar-refractivity contribution in [1.29, 1.82) is 0 Å². The van der Waals surface area contributed by atoms with Crippen molar-refractivity contribution in [2.24, 2.45) is 0 Å². The van der Waals surface area contributed by atoms with Gasteiger partial charge in [0.15, 0.2) is 0 Å². The zero-order chi connectivity index (χ0) is 19.8. The highest BCUT2D eigenvalue weighted by molar-refractivity contribution is 7.15. The summed E-state index contributed by atoms with van der Waals surface area (Å²) in [7, 11) is 0. The van der Waals surface area contributed by atoms with Crippen molar-refractivity contribution in [2.75, 3.05) is 4.90 Å². The highest BCUT2D eigenvalue weighted by Crippen LogP contribution is 2.42. The SMILES string of the molecule is Cc1nnc(N2C(=O)C(=O)C(=C(O)c3ccc(F)cc3)C2c2ccccc2)s1. The third-order valence-corrected chi connectivity index (χ3v) is 5.24. The maximum absolute atomic E-state index is 13.3. The summed E-state index contributed by atoms with van der Waals surface area (Å²) in [6.07, 6.45) is 0. The fraction of sp³-hybridized carbons (Fsp3) is 0.100. The van der Waals surface area contributed by atoms with Gasteiger partial charge in [0.25, 0.3) is 5.78 Å². The molecular weight excluding hydrogens is 381 g/mol. The summed E-state index contributed by atoms with van der Waals surface area (Å²) in [5, 5.41) is 19.7. The molecule has 1 atom stereocenters. The molecule has 1 saturated heterocycles. The second-order valence-corrected chi connectivity index (χ2v) is 7.35. The molecule has 0 spiro atoms. The molecule has 1 aromatic heterocycles. The van der Waals surface area contributed by atoms with Gasteiger partial charge in [-0.2, -0.15) is 0 Å². The third-order valence-electron chi connectivity index (χ3n) is 4.40. The van der Waals surface area contributed by atoms with Crippen LogP contribution < -0.4 is 4.90 Å². The van der Waals surface area contributed by atoms with E-state index in [1.807, 2.05) is 6.07 Å². The van der Waals surface area contributed by atoms with Crippen molar-refractivity contribution in [3.8, 4) is 0 Å². The lowest BCUT2D eigenvalue weighted by molar-refractivity contribution is -0.132. The largest absolute Gasteiger partial charge is 0.507 e. The van der Waals surface area contributed by atoms with Crippen LogP contribution in [0.3, 0.4) is 0 Å². The minimum Gasteiger partial charge on any atom is -0.507 e. The Bertz CT molecular complexity index is 1090. The number of hydrogen-bond acceptors (Lipinski definition) is 6. The molecule has 28 heavy (non-hydrogen) atoms. The number of carbonyl (C=O) groups excluding carboxylic acids is 2. The highest BCUT2D eigenvalue weighted by atomic mass is 32.1. The van der Waals surface area contributed by atoms with Gasteiger partial charge >= 0.3 is 5.91 Å². The summed E-state index contributed by atoms with van der Waals surface area (Å²) >= 11 is 1.18. The molecule has 1 N–H and O–H groups in total. The van der Waals surface area contributed by atoms with E-state index in [1.165, 1.54) is 40.5 Å². The number of Topliss-reactive ketones (excluding diaryl/α,β-unsaturated/α-hetero) is 1. The van der Waals surface area contributed by atoms with Gasteiger partial charge in [-0.1, -0.05) is 41.7 Å². The number of rotatable bonds is 3. The lowest BCUT2D eigenvalue weighted by Gasteiger charge is -2.22. The van der Waals surface area contributed by atoms with Gasteiger partial charge in [-0.3, -0.25) is 14.5 Å². The normalized spacial score (nSPS) is 18.6. The number of aromatic nitrogens is 2. The van der Waals surface area contributed by atoms with Gasteiger partial charge < -0.3 is 5.11 Å². The summed E-state index contributed by atoms with van der Waals surface area (Å²) in [4.78, 5) is 26.9. The molecule has 3 aromatic rings. The van der Waals surface area contributed by atoms with E-state index in [0.29, 0.717) is 10.6 Å². The van der Waals surface area contributed by atoms with Gasteiger partial charge in [-0.25, -0.2) is 4.39 Å². The summed E-state index contributed by atoms with van der Waals surface area (Å²) in [5.41, 5.74) is 0.808. The predicted octanol–water partition coefficient (Wildman–Crippen LogP) is 3.61. The second-order valence-electron chi connectivity index (χ2n) is 6.19. The van der Waals surface area contributed by atoms with Crippen molar-refractivity contribution in [2.45, 2.75) is 13.0 Å². The third kappa shape index (κ3) is 2.97. The maximum atomic E-state index is 13.3. The molecule has 1 fully saturated rings. The van der Waals surface area contributed by atoms with E-state index in [9.17, 15) is 19.1 Å². The first-order valence-electron chi connectivity index (χ1n) is 8.39. The molecule has 0 saturated carbocycles. The fourth-order valence-electron chi connectivity index (χ4n) is 3.13. The molecule has 2 aromatic carbocycles. The average Bonchev–Trinajstić information content (AvgIpc) is 3.24. The number of halogens is 1. The smallest absolute Gasteiger partial charge is 0.301 e. The zero-order valence-electron chi connectivity index (χ0n) is 14.7. The first-order valence-corrected chi connectivity index (χ1v) is 9.21. The molecule has 0 aliphatic carbocycles. The van der Waals surface area contributed by atoms with Gasteiger partial charge in [-0.15, -0.1) is 10.2 Å². The molecule has 2 heterocycles. The Kier molecular flexibility index (Phi) is 4.48. The van der Waals surface area contributed by atoms with Crippen LogP contribution in [0.25, 0.3) is 5.76 Å². The van der Waals surface area contributed by atoms with Crippen molar-refractivity contribution < 1.29 is 19.1 Å².